The van der Waals surface area contributed by atoms with E-state index < -0.39 is 0 Å². The molecule has 0 aliphatic heterocycles. The average Bonchev–Trinajstić information content (AvgIpc) is 2.04. The van der Waals surface area contributed by atoms with Crippen LogP contribution in [-0.2, 0) is 4.74 Å². The van der Waals surface area contributed by atoms with E-state index in [4.69, 9.17) is 27.5 Å². The number of ether oxygens (including phenoxy) is 1. The van der Waals surface area contributed by atoms with Gasteiger partial charge in [-0.15, -0.1) is 0 Å². The van der Waals surface area contributed by atoms with Crippen LogP contribution in [0.4, 0.5) is 5.82 Å². The van der Waals surface area contributed by atoms with Crippen LogP contribution in [0.25, 0.3) is 0 Å². The summed E-state index contributed by atoms with van der Waals surface area (Å²) in [7, 11) is 0. The van der Waals surface area contributed by atoms with Crippen molar-refractivity contribution in [2.24, 2.45) is 0 Å². The van der Waals surface area contributed by atoms with Gasteiger partial charge in [0, 0.05) is 0 Å². The van der Waals surface area contributed by atoms with E-state index in [1.54, 1.807) is 6.92 Å². The van der Waals surface area contributed by atoms with Crippen molar-refractivity contribution in [1.82, 2.24) is 9.97 Å². The number of nitrogens with two attached hydrogens (primary N) is 1. The highest BCUT2D eigenvalue weighted by molar-refractivity contribution is 6.33. The number of rotatable bonds is 2. The first-order chi connectivity index (χ1) is 6.16. The highest BCUT2D eigenvalue weighted by atomic mass is 35.5. The van der Waals surface area contributed by atoms with E-state index in [0.717, 1.165) is 0 Å². The third-order valence-corrected chi connectivity index (χ3v) is 1.63. The van der Waals surface area contributed by atoms with Gasteiger partial charge in [-0.05, 0) is 6.92 Å². The van der Waals surface area contributed by atoms with Crippen LogP contribution in [0.1, 0.15) is 12.5 Å². The van der Waals surface area contributed by atoms with Crippen molar-refractivity contribution in [3.63, 3.8) is 0 Å². The molecule has 0 bridgehead atoms. The highest BCUT2D eigenvalue weighted by Gasteiger charge is 2.13. The molecular weight excluding hydrogens is 192 g/mol. The van der Waals surface area contributed by atoms with Crippen molar-refractivity contribution >= 4 is 23.3 Å². The number of hydrogen-bond donors (Lipinski definition) is 2. The minimum absolute atomic E-state index is 0.106. The molecule has 1 aromatic heterocycles. The normalized spacial score (nSPS) is 9.69. The Morgan fingerprint density at radius 2 is 2.38 bits per heavy atom. The first-order valence-electron chi connectivity index (χ1n) is 3.64. The minimum Gasteiger partial charge on any atom is -0.478 e. The van der Waals surface area contributed by atoms with Crippen molar-refractivity contribution in [2.45, 2.75) is 6.92 Å². The van der Waals surface area contributed by atoms with Crippen LogP contribution in [0.5, 0.6) is 0 Å². The molecule has 0 fully saturated rings. The van der Waals surface area contributed by atoms with Crippen LogP contribution in [0, 0.1) is 5.41 Å². The Hall–Kier alpha value is -1.36. The fraction of sp³-hybridized carbons (Fsp3) is 0.286. The lowest BCUT2D eigenvalue weighted by Gasteiger charge is -2.07. The van der Waals surface area contributed by atoms with Crippen molar-refractivity contribution in [3.05, 3.63) is 17.0 Å². The van der Waals surface area contributed by atoms with Gasteiger partial charge >= 0.3 is 0 Å². The molecule has 6 heteroatoms. The van der Waals surface area contributed by atoms with Gasteiger partial charge in [-0.25, -0.2) is 9.97 Å². The van der Waals surface area contributed by atoms with Crippen LogP contribution in [0.15, 0.2) is 6.33 Å². The molecule has 1 heterocycles. The van der Waals surface area contributed by atoms with E-state index in [1.807, 2.05) is 0 Å². The number of aromatic nitrogens is 2. The van der Waals surface area contributed by atoms with Crippen LogP contribution < -0.4 is 5.73 Å². The van der Waals surface area contributed by atoms with Crippen molar-refractivity contribution in [2.75, 3.05) is 12.3 Å². The Labute approximate surface area is 80.4 Å². The van der Waals surface area contributed by atoms with E-state index in [9.17, 15) is 0 Å². The van der Waals surface area contributed by atoms with E-state index in [1.165, 1.54) is 6.33 Å². The molecule has 1 rings (SSSR count). The first-order valence-corrected chi connectivity index (χ1v) is 4.02. The van der Waals surface area contributed by atoms with E-state index >= 15 is 0 Å². The van der Waals surface area contributed by atoms with Gasteiger partial charge in [-0.2, -0.15) is 0 Å². The Balaban J connectivity index is 3.05. The minimum atomic E-state index is -0.106. The van der Waals surface area contributed by atoms with Crippen LogP contribution in [0.2, 0.25) is 5.15 Å². The summed E-state index contributed by atoms with van der Waals surface area (Å²) >= 11 is 5.71. The summed E-state index contributed by atoms with van der Waals surface area (Å²) < 4.78 is 4.93. The van der Waals surface area contributed by atoms with Crippen molar-refractivity contribution < 1.29 is 4.74 Å². The maximum atomic E-state index is 7.44. The summed E-state index contributed by atoms with van der Waals surface area (Å²) in [4.78, 5) is 7.40. The number of nitrogen functional groups attached to an aromatic ring is 1. The molecule has 13 heavy (non-hydrogen) atoms. The van der Waals surface area contributed by atoms with Gasteiger partial charge in [0.1, 0.15) is 22.9 Å². The molecule has 0 amide bonds. The lowest BCUT2D eigenvalue weighted by Crippen LogP contribution is -2.10. The van der Waals surface area contributed by atoms with Gasteiger partial charge in [-0.1, -0.05) is 11.6 Å². The van der Waals surface area contributed by atoms with Crippen molar-refractivity contribution in [3.8, 4) is 0 Å². The second kappa shape index (κ2) is 4.04. The summed E-state index contributed by atoms with van der Waals surface area (Å²) in [5.74, 6) is 0.0454. The SMILES string of the molecule is CCOC(=N)c1c(N)ncnc1Cl. The van der Waals surface area contributed by atoms with Gasteiger partial charge in [0.15, 0.2) is 0 Å². The third-order valence-electron chi connectivity index (χ3n) is 1.35. The molecule has 70 valence electrons. The lowest BCUT2D eigenvalue weighted by molar-refractivity contribution is 0.325. The predicted molar refractivity (Wildman–Crippen MR) is 49.9 cm³/mol. The van der Waals surface area contributed by atoms with Crippen LogP contribution >= 0.6 is 11.6 Å². The van der Waals surface area contributed by atoms with Gasteiger partial charge < -0.3 is 10.5 Å². The molecule has 0 aromatic carbocycles. The monoisotopic (exact) mass is 200 g/mol. The second-order valence-corrected chi connectivity index (χ2v) is 2.54. The molecule has 0 radical (unpaired) electrons. The van der Waals surface area contributed by atoms with Gasteiger partial charge in [0.05, 0.1) is 6.61 Å². The Bertz CT molecular complexity index is 308. The molecule has 0 atom stereocenters. The molecule has 5 nitrogen and oxygen atoms in total. The topological polar surface area (TPSA) is 84.9 Å². The molecule has 1 aromatic rings. The Kier molecular flexibility index (Phi) is 3.02. The van der Waals surface area contributed by atoms with Gasteiger partial charge in [-0.3, -0.25) is 5.41 Å². The zero-order valence-corrected chi connectivity index (χ0v) is 7.80. The lowest BCUT2D eigenvalue weighted by atomic mass is 10.3. The fourth-order valence-corrected chi connectivity index (χ4v) is 1.03. The number of hydrogen-bond acceptors (Lipinski definition) is 5. The smallest absolute Gasteiger partial charge is 0.220 e. The maximum absolute atomic E-state index is 7.44. The van der Waals surface area contributed by atoms with E-state index in [2.05, 4.69) is 9.97 Å². The highest BCUT2D eigenvalue weighted by Crippen LogP contribution is 2.17. The first kappa shape index (κ1) is 9.73. The van der Waals surface area contributed by atoms with E-state index in [0.29, 0.717) is 6.61 Å². The molecule has 0 spiro atoms. The average molecular weight is 201 g/mol. The zero-order chi connectivity index (χ0) is 9.84. The molecular formula is C7H9ClN4O. The fourth-order valence-electron chi connectivity index (χ4n) is 0.803. The number of halogens is 1. The quantitative estimate of drug-likeness (QED) is 0.425. The standard InChI is InChI=1S/C7H9ClN4O/c1-2-13-7(10)4-5(8)11-3-12-6(4)9/h3,10H,2H2,1H3,(H2,9,11,12). The van der Waals surface area contributed by atoms with E-state index in [-0.39, 0.29) is 22.4 Å². The van der Waals surface area contributed by atoms with Crippen molar-refractivity contribution in [1.29, 1.82) is 5.41 Å². The molecule has 3 N–H and O–H groups in total. The molecule has 0 saturated carbocycles. The Morgan fingerprint density at radius 1 is 1.69 bits per heavy atom. The summed E-state index contributed by atoms with van der Waals surface area (Å²) in [5.41, 5.74) is 5.74. The largest absolute Gasteiger partial charge is 0.478 e. The van der Waals surface area contributed by atoms with Crippen LogP contribution in [0.3, 0.4) is 0 Å². The summed E-state index contributed by atoms with van der Waals surface area (Å²) in [6, 6.07) is 0. The third kappa shape index (κ3) is 2.06. The summed E-state index contributed by atoms with van der Waals surface area (Å²) in [6.07, 6.45) is 1.24. The maximum Gasteiger partial charge on any atom is 0.220 e. The molecule has 0 unspecified atom stereocenters. The van der Waals surface area contributed by atoms with Crippen LogP contribution in [-0.4, -0.2) is 22.5 Å². The molecule has 0 aliphatic carbocycles. The second-order valence-electron chi connectivity index (χ2n) is 2.19. The summed E-state index contributed by atoms with van der Waals surface area (Å²) in [6.45, 7) is 2.14. The number of nitrogens with one attached hydrogen (secondary N) is 1. The van der Waals surface area contributed by atoms with Gasteiger partial charge in [0.25, 0.3) is 0 Å². The Morgan fingerprint density at radius 3 is 2.92 bits per heavy atom. The van der Waals surface area contributed by atoms with Gasteiger partial charge in [0.2, 0.25) is 5.90 Å². The number of anilines is 1. The molecule has 0 aliphatic rings. The number of nitrogens with zero attached hydrogens (tertiary/aromatic N) is 2. The summed E-state index contributed by atoms with van der Waals surface area (Å²) in [5, 5.41) is 7.58. The predicted octanol–water partition coefficient (Wildman–Crippen LogP) is 1.07. The zero-order valence-electron chi connectivity index (χ0n) is 7.04. The molecule has 0 saturated heterocycles.